The quantitative estimate of drug-likeness (QED) is 0.661. The molecule has 0 bridgehead atoms. The minimum atomic E-state index is -0.391. The van der Waals surface area contributed by atoms with Crippen molar-refractivity contribution >= 4 is 52.3 Å². The summed E-state index contributed by atoms with van der Waals surface area (Å²) in [6, 6.07) is 12.1. The molecule has 1 aliphatic rings. The predicted octanol–water partition coefficient (Wildman–Crippen LogP) is 4.49. The number of hydrogen-bond donors (Lipinski definition) is 3. The maximum atomic E-state index is 12.2. The summed E-state index contributed by atoms with van der Waals surface area (Å²) in [6.07, 6.45) is 0. The van der Waals surface area contributed by atoms with Gasteiger partial charge in [-0.1, -0.05) is 23.2 Å². The number of halogens is 2. The molecule has 0 spiro atoms. The van der Waals surface area contributed by atoms with E-state index in [0.29, 0.717) is 41.1 Å². The van der Waals surface area contributed by atoms with Gasteiger partial charge in [-0.3, -0.25) is 0 Å². The molecule has 0 aromatic heterocycles. The number of carbonyl (C=O) groups excluding carboxylic acids is 2. The molecule has 0 saturated carbocycles. The molecule has 7 nitrogen and oxygen atoms in total. The molecule has 29 heavy (non-hydrogen) atoms. The zero-order valence-corrected chi connectivity index (χ0v) is 17.6. The zero-order chi connectivity index (χ0) is 20.8. The lowest BCUT2D eigenvalue weighted by molar-refractivity contribution is 0.195. The molecule has 9 heteroatoms. The number of rotatable bonds is 4. The first kappa shape index (κ1) is 21.1. The van der Waals surface area contributed by atoms with Gasteiger partial charge in [-0.2, -0.15) is 0 Å². The highest BCUT2D eigenvalue weighted by molar-refractivity contribution is 6.36. The molecule has 2 aromatic rings. The van der Waals surface area contributed by atoms with Crippen molar-refractivity contribution in [2.45, 2.75) is 6.92 Å². The number of benzene rings is 2. The Labute approximate surface area is 180 Å². The summed E-state index contributed by atoms with van der Waals surface area (Å²) in [6.45, 7) is 5.42. The van der Waals surface area contributed by atoms with Crippen LogP contribution in [0.3, 0.4) is 0 Å². The summed E-state index contributed by atoms with van der Waals surface area (Å²) >= 11 is 11.9. The third-order valence-electron chi connectivity index (χ3n) is 4.56. The summed E-state index contributed by atoms with van der Waals surface area (Å²) in [5.41, 5.74) is 2.19. The Morgan fingerprint density at radius 3 is 2.28 bits per heavy atom. The zero-order valence-electron chi connectivity index (χ0n) is 16.0. The van der Waals surface area contributed by atoms with Crippen LogP contribution in [-0.4, -0.2) is 49.7 Å². The number of nitrogens with one attached hydrogen (secondary N) is 3. The molecule has 0 radical (unpaired) electrons. The third-order valence-corrected chi connectivity index (χ3v) is 5.11. The summed E-state index contributed by atoms with van der Waals surface area (Å²) < 4.78 is 0. The van der Waals surface area contributed by atoms with Crippen LogP contribution in [0.1, 0.15) is 6.92 Å². The number of piperazine rings is 1. The molecule has 3 N–H and O–H groups in total. The van der Waals surface area contributed by atoms with Gasteiger partial charge in [0, 0.05) is 49.1 Å². The van der Waals surface area contributed by atoms with Gasteiger partial charge in [0.05, 0.1) is 10.7 Å². The van der Waals surface area contributed by atoms with Crippen LogP contribution >= 0.6 is 23.2 Å². The highest BCUT2D eigenvalue weighted by Crippen LogP contribution is 2.26. The van der Waals surface area contributed by atoms with Crippen molar-refractivity contribution in [1.82, 2.24) is 10.2 Å². The van der Waals surface area contributed by atoms with E-state index in [1.54, 1.807) is 18.2 Å². The van der Waals surface area contributed by atoms with Crippen LogP contribution in [0.15, 0.2) is 42.5 Å². The number of anilines is 3. The molecule has 1 heterocycles. The van der Waals surface area contributed by atoms with Crippen molar-refractivity contribution in [3.05, 3.63) is 52.5 Å². The number of amides is 4. The van der Waals surface area contributed by atoms with Crippen molar-refractivity contribution < 1.29 is 9.59 Å². The SMILES string of the molecule is CCNC(=O)N1CCN(c2ccc(NC(=O)Nc3ccc(Cl)cc3Cl)cc2)CC1. The Bertz CT molecular complexity index is 868. The van der Waals surface area contributed by atoms with Gasteiger partial charge >= 0.3 is 12.1 Å². The molecule has 1 fully saturated rings. The molecule has 4 amide bonds. The molecular formula is C20H23Cl2N5O2. The van der Waals surface area contributed by atoms with Crippen LogP contribution in [0.4, 0.5) is 26.7 Å². The molecule has 1 aliphatic heterocycles. The molecule has 0 aliphatic carbocycles. The van der Waals surface area contributed by atoms with E-state index in [0.717, 1.165) is 18.8 Å². The average molecular weight is 436 g/mol. The molecular weight excluding hydrogens is 413 g/mol. The van der Waals surface area contributed by atoms with Crippen molar-refractivity contribution in [1.29, 1.82) is 0 Å². The van der Waals surface area contributed by atoms with Gasteiger partial charge in [-0.15, -0.1) is 0 Å². The first-order valence-electron chi connectivity index (χ1n) is 9.37. The molecule has 0 atom stereocenters. The standard InChI is InChI=1S/C20H23Cl2N5O2/c1-2-23-20(29)27-11-9-26(10-12-27)16-6-4-15(5-7-16)24-19(28)25-18-8-3-14(21)13-17(18)22/h3-8,13H,2,9-12H2,1H3,(H,23,29)(H2,24,25,28). The Balaban J connectivity index is 1.52. The van der Waals surface area contributed by atoms with E-state index in [4.69, 9.17) is 23.2 Å². The highest BCUT2D eigenvalue weighted by atomic mass is 35.5. The normalized spacial score (nSPS) is 13.8. The van der Waals surface area contributed by atoms with Crippen LogP contribution < -0.4 is 20.9 Å². The van der Waals surface area contributed by atoms with Gasteiger partial charge in [0.2, 0.25) is 0 Å². The Morgan fingerprint density at radius 1 is 0.966 bits per heavy atom. The van der Waals surface area contributed by atoms with E-state index in [1.807, 2.05) is 36.1 Å². The minimum Gasteiger partial charge on any atom is -0.368 e. The lowest BCUT2D eigenvalue weighted by atomic mass is 10.2. The third kappa shape index (κ3) is 5.68. The Morgan fingerprint density at radius 2 is 1.66 bits per heavy atom. The fourth-order valence-electron chi connectivity index (χ4n) is 3.06. The largest absolute Gasteiger partial charge is 0.368 e. The van der Waals surface area contributed by atoms with E-state index in [1.165, 1.54) is 0 Å². The van der Waals surface area contributed by atoms with Crippen LogP contribution in [0.2, 0.25) is 10.0 Å². The Kier molecular flexibility index (Phi) is 7.06. The molecule has 2 aromatic carbocycles. The van der Waals surface area contributed by atoms with E-state index < -0.39 is 6.03 Å². The lowest BCUT2D eigenvalue weighted by Gasteiger charge is -2.36. The maximum Gasteiger partial charge on any atom is 0.323 e. The molecule has 0 unspecified atom stereocenters. The monoisotopic (exact) mass is 435 g/mol. The van der Waals surface area contributed by atoms with E-state index >= 15 is 0 Å². The summed E-state index contributed by atoms with van der Waals surface area (Å²) in [5.74, 6) is 0. The van der Waals surface area contributed by atoms with Gasteiger partial charge in [0.15, 0.2) is 0 Å². The molecule has 3 rings (SSSR count). The first-order chi connectivity index (χ1) is 14.0. The fourth-order valence-corrected chi connectivity index (χ4v) is 3.52. The number of nitrogens with zero attached hydrogens (tertiary/aromatic N) is 2. The Hall–Kier alpha value is -2.64. The second-order valence-electron chi connectivity index (χ2n) is 6.56. The number of urea groups is 2. The average Bonchev–Trinajstić information content (AvgIpc) is 2.71. The van der Waals surface area contributed by atoms with Crippen LogP contribution in [-0.2, 0) is 0 Å². The second-order valence-corrected chi connectivity index (χ2v) is 7.40. The van der Waals surface area contributed by atoms with Crippen LogP contribution in [0.25, 0.3) is 0 Å². The van der Waals surface area contributed by atoms with E-state index in [2.05, 4.69) is 20.9 Å². The molecule has 1 saturated heterocycles. The van der Waals surface area contributed by atoms with Crippen molar-refractivity contribution in [2.75, 3.05) is 48.3 Å². The first-order valence-corrected chi connectivity index (χ1v) is 10.1. The van der Waals surface area contributed by atoms with Crippen molar-refractivity contribution in [3.63, 3.8) is 0 Å². The van der Waals surface area contributed by atoms with Crippen molar-refractivity contribution in [2.24, 2.45) is 0 Å². The van der Waals surface area contributed by atoms with Gasteiger partial charge in [0.1, 0.15) is 0 Å². The van der Waals surface area contributed by atoms with Gasteiger partial charge < -0.3 is 25.8 Å². The van der Waals surface area contributed by atoms with Crippen LogP contribution in [0, 0.1) is 0 Å². The second kappa shape index (κ2) is 9.71. The fraction of sp³-hybridized carbons (Fsp3) is 0.300. The van der Waals surface area contributed by atoms with E-state index in [-0.39, 0.29) is 6.03 Å². The summed E-state index contributed by atoms with van der Waals surface area (Å²) in [4.78, 5) is 28.1. The summed E-state index contributed by atoms with van der Waals surface area (Å²) in [7, 11) is 0. The maximum absolute atomic E-state index is 12.2. The highest BCUT2D eigenvalue weighted by Gasteiger charge is 2.20. The molecule has 154 valence electrons. The van der Waals surface area contributed by atoms with Gasteiger partial charge in [0.25, 0.3) is 0 Å². The lowest BCUT2D eigenvalue weighted by Crippen LogP contribution is -2.51. The van der Waals surface area contributed by atoms with E-state index in [9.17, 15) is 9.59 Å². The van der Waals surface area contributed by atoms with Gasteiger partial charge in [-0.25, -0.2) is 9.59 Å². The number of hydrogen-bond acceptors (Lipinski definition) is 3. The number of carbonyl (C=O) groups is 2. The smallest absolute Gasteiger partial charge is 0.323 e. The van der Waals surface area contributed by atoms with Crippen LogP contribution in [0.5, 0.6) is 0 Å². The predicted molar refractivity (Wildman–Crippen MR) is 118 cm³/mol. The van der Waals surface area contributed by atoms with Crippen molar-refractivity contribution in [3.8, 4) is 0 Å². The topological polar surface area (TPSA) is 76.7 Å². The van der Waals surface area contributed by atoms with Gasteiger partial charge in [-0.05, 0) is 49.4 Å². The minimum absolute atomic E-state index is 0.0153. The summed E-state index contributed by atoms with van der Waals surface area (Å²) in [5, 5.41) is 9.17.